The molecular formula is C71H132O6. The molecule has 0 radical (unpaired) electrons. The largest absolute Gasteiger partial charge is 0.462 e. The van der Waals surface area contributed by atoms with Crippen molar-refractivity contribution < 1.29 is 28.6 Å². The van der Waals surface area contributed by atoms with Crippen molar-refractivity contribution in [2.45, 2.75) is 386 Å². The van der Waals surface area contributed by atoms with Gasteiger partial charge in [0.1, 0.15) is 13.2 Å². The molecule has 77 heavy (non-hydrogen) atoms. The van der Waals surface area contributed by atoms with E-state index in [1.165, 1.54) is 270 Å². The van der Waals surface area contributed by atoms with E-state index >= 15 is 0 Å². The quantitative estimate of drug-likeness (QED) is 0.0261. The van der Waals surface area contributed by atoms with Crippen LogP contribution in [0.4, 0.5) is 0 Å². The Morgan fingerprint density at radius 2 is 0.468 bits per heavy atom. The number of unbranched alkanes of at least 4 members (excludes halogenated alkanes) is 47. The molecule has 0 aromatic carbocycles. The Kier molecular flexibility index (Phi) is 64.1. The summed E-state index contributed by atoms with van der Waals surface area (Å²) >= 11 is 0. The van der Waals surface area contributed by atoms with E-state index in [0.29, 0.717) is 19.3 Å². The smallest absolute Gasteiger partial charge is 0.306 e. The Balaban J connectivity index is 4.17. The minimum atomic E-state index is -0.773. The van der Waals surface area contributed by atoms with Crippen LogP contribution in [0.15, 0.2) is 36.5 Å². The van der Waals surface area contributed by atoms with E-state index in [1.54, 1.807) is 0 Å². The zero-order chi connectivity index (χ0) is 55.7. The summed E-state index contributed by atoms with van der Waals surface area (Å²) in [6.45, 7) is 6.68. The summed E-state index contributed by atoms with van der Waals surface area (Å²) in [6, 6.07) is 0. The Bertz CT molecular complexity index is 1290. The summed E-state index contributed by atoms with van der Waals surface area (Å²) in [5, 5.41) is 0. The van der Waals surface area contributed by atoms with Crippen molar-refractivity contribution in [1.82, 2.24) is 0 Å². The molecule has 0 aromatic heterocycles. The lowest BCUT2D eigenvalue weighted by Gasteiger charge is -2.18. The lowest BCUT2D eigenvalue weighted by atomic mass is 10.0. The first kappa shape index (κ1) is 74.6. The van der Waals surface area contributed by atoms with E-state index in [9.17, 15) is 14.4 Å². The predicted octanol–water partition coefficient (Wildman–Crippen LogP) is 23.6. The Labute approximate surface area is 480 Å². The number of carbonyl (C=O) groups is 3. The summed E-state index contributed by atoms with van der Waals surface area (Å²) in [7, 11) is 0. The average Bonchev–Trinajstić information content (AvgIpc) is 3.43. The van der Waals surface area contributed by atoms with Crippen LogP contribution in [0.1, 0.15) is 380 Å². The molecule has 0 N–H and O–H groups in total. The van der Waals surface area contributed by atoms with Crippen LogP contribution < -0.4 is 0 Å². The van der Waals surface area contributed by atoms with Crippen LogP contribution >= 0.6 is 0 Å². The van der Waals surface area contributed by atoms with Gasteiger partial charge in [-0.3, -0.25) is 14.4 Å². The summed E-state index contributed by atoms with van der Waals surface area (Å²) in [5.41, 5.74) is 0. The molecule has 0 heterocycles. The van der Waals surface area contributed by atoms with Gasteiger partial charge < -0.3 is 14.2 Å². The van der Waals surface area contributed by atoms with Crippen LogP contribution in [0, 0.1) is 0 Å². The van der Waals surface area contributed by atoms with Gasteiger partial charge in [-0.2, -0.15) is 0 Å². The van der Waals surface area contributed by atoms with Crippen molar-refractivity contribution in [2.75, 3.05) is 13.2 Å². The third-order valence-corrected chi connectivity index (χ3v) is 15.6. The lowest BCUT2D eigenvalue weighted by Crippen LogP contribution is -2.30. The van der Waals surface area contributed by atoms with Crippen LogP contribution in [0.25, 0.3) is 0 Å². The molecule has 452 valence electrons. The van der Waals surface area contributed by atoms with E-state index in [4.69, 9.17) is 14.2 Å². The number of rotatable bonds is 64. The maximum Gasteiger partial charge on any atom is 0.306 e. The fourth-order valence-corrected chi connectivity index (χ4v) is 10.4. The highest BCUT2D eigenvalue weighted by atomic mass is 16.6. The zero-order valence-corrected chi connectivity index (χ0v) is 52.0. The zero-order valence-electron chi connectivity index (χ0n) is 52.0. The third kappa shape index (κ3) is 64.3. The highest BCUT2D eigenvalue weighted by molar-refractivity contribution is 5.71. The maximum absolute atomic E-state index is 12.9. The summed E-state index contributed by atoms with van der Waals surface area (Å²) in [5.74, 6) is -0.852. The predicted molar refractivity (Wildman–Crippen MR) is 335 cm³/mol. The van der Waals surface area contributed by atoms with Gasteiger partial charge in [0.25, 0.3) is 0 Å². The highest BCUT2D eigenvalue weighted by Crippen LogP contribution is 2.18. The first-order valence-electron chi connectivity index (χ1n) is 34.5. The van der Waals surface area contributed by atoms with Gasteiger partial charge in [-0.1, -0.05) is 320 Å². The minimum Gasteiger partial charge on any atom is -0.462 e. The van der Waals surface area contributed by atoms with E-state index in [-0.39, 0.29) is 31.1 Å². The normalized spacial score (nSPS) is 12.2. The fraction of sp³-hybridized carbons (Fsp3) is 0.873. The van der Waals surface area contributed by atoms with Crippen molar-refractivity contribution in [3.63, 3.8) is 0 Å². The van der Waals surface area contributed by atoms with Crippen molar-refractivity contribution in [2.24, 2.45) is 0 Å². The molecule has 0 fully saturated rings. The molecule has 0 saturated carbocycles. The second kappa shape index (κ2) is 66.1. The van der Waals surface area contributed by atoms with Gasteiger partial charge in [0, 0.05) is 19.3 Å². The van der Waals surface area contributed by atoms with Crippen LogP contribution in [0.3, 0.4) is 0 Å². The standard InChI is InChI=1S/C71H132O6/c1-4-7-10-13-16-19-22-25-27-29-31-32-33-34-35-36-37-38-39-40-41-43-44-46-49-52-55-58-61-64-70(73)76-67-68(66-75-69(72)63-60-57-54-51-48-24-21-18-15-12-9-6-3)77-71(74)65-62-59-56-53-50-47-45-42-30-28-26-23-20-17-14-11-8-5-2/h20,23,28-31,68H,4-19,21-22,24-27,32-67H2,1-3H3/b23-20-,30-28-,31-29-. The molecule has 6 heteroatoms. The molecular weight excluding hydrogens is 949 g/mol. The average molecular weight is 1080 g/mol. The third-order valence-electron chi connectivity index (χ3n) is 15.6. The van der Waals surface area contributed by atoms with Crippen LogP contribution in [-0.4, -0.2) is 37.2 Å². The summed E-state index contributed by atoms with van der Waals surface area (Å²) in [6.07, 6.45) is 81.7. The van der Waals surface area contributed by atoms with Crippen LogP contribution in [0.5, 0.6) is 0 Å². The number of allylic oxidation sites excluding steroid dienone is 6. The van der Waals surface area contributed by atoms with Crippen LogP contribution in [0.2, 0.25) is 0 Å². The monoisotopic (exact) mass is 1080 g/mol. The molecule has 0 aliphatic heterocycles. The Morgan fingerprint density at radius 1 is 0.260 bits per heavy atom. The lowest BCUT2D eigenvalue weighted by molar-refractivity contribution is -0.167. The minimum absolute atomic E-state index is 0.0702. The number of esters is 3. The van der Waals surface area contributed by atoms with Gasteiger partial charge in [-0.25, -0.2) is 0 Å². The second-order valence-electron chi connectivity index (χ2n) is 23.4. The molecule has 0 aromatic rings. The molecule has 0 bridgehead atoms. The topological polar surface area (TPSA) is 78.9 Å². The van der Waals surface area contributed by atoms with Crippen molar-refractivity contribution in [3.8, 4) is 0 Å². The van der Waals surface area contributed by atoms with Gasteiger partial charge in [0.05, 0.1) is 0 Å². The summed E-state index contributed by atoms with van der Waals surface area (Å²) in [4.78, 5) is 38.3. The van der Waals surface area contributed by atoms with Gasteiger partial charge in [0.15, 0.2) is 6.10 Å². The van der Waals surface area contributed by atoms with Gasteiger partial charge in [-0.05, 0) is 77.0 Å². The molecule has 0 amide bonds. The van der Waals surface area contributed by atoms with E-state index in [0.717, 1.165) is 70.6 Å². The van der Waals surface area contributed by atoms with Gasteiger partial charge in [0.2, 0.25) is 0 Å². The van der Waals surface area contributed by atoms with Crippen molar-refractivity contribution in [1.29, 1.82) is 0 Å². The van der Waals surface area contributed by atoms with Gasteiger partial charge in [-0.15, -0.1) is 0 Å². The number of ether oxygens (including phenoxy) is 3. The molecule has 0 spiro atoms. The molecule has 0 aliphatic carbocycles. The molecule has 0 aliphatic rings. The second-order valence-corrected chi connectivity index (χ2v) is 23.4. The number of hydrogen-bond acceptors (Lipinski definition) is 6. The summed E-state index contributed by atoms with van der Waals surface area (Å²) < 4.78 is 17.0. The van der Waals surface area contributed by atoms with Crippen molar-refractivity contribution >= 4 is 17.9 Å². The SMILES string of the molecule is CCCCCC/C=C\C/C=C\CCCCCCCCCC(=O)OC(COC(=O)CCCCCCCCCCCCCC)COC(=O)CCCCCCCCCCCCCCCCCCC/C=C\CCCCCCCCCC. The number of carbonyl (C=O) groups excluding carboxylic acids is 3. The molecule has 6 nitrogen and oxygen atoms in total. The first-order valence-corrected chi connectivity index (χ1v) is 34.5. The van der Waals surface area contributed by atoms with E-state index in [1.807, 2.05) is 0 Å². The first-order chi connectivity index (χ1) is 38.0. The van der Waals surface area contributed by atoms with E-state index in [2.05, 4.69) is 57.2 Å². The van der Waals surface area contributed by atoms with Crippen molar-refractivity contribution in [3.05, 3.63) is 36.5 Å². The van der Waals surface area contributed by atoms with Gasteiger partial charge >= 0.3 is 17.9 Å². The molecule has 0 saturated heterocycles. The number of hydrogen-bond donors (Lipinski definition) is 0. The maximum atomic E-state index is 12.9. The van der Waals surface area contributed by atoms with Crippen LogP contribution in [-0.2, 0) is 28.6 Å². The fourth-order valence-electron chi connectivity index (χ4n) is 10.4. The molecule has 0 rings (SSSR count). The molecule has 1 atom stereocenters. The Morgan fingerprint density at radius 3 is 0.740 bits per heavy atom. The Hall–Kier alpha value is -2.37. The molecule has 1 unspecified atom stereocenters. The highest BCUT2D eigenvalue weighted by Gasteiger charge is 2.19. The van der Waals surface area contributed by atoms with E-state index < -0.39 is 6.10 Å².